The van der Waals surface area contributed by atoms with Crippen LogP contribution in [-0.2, 0) is 19.4 Å². The summed E-state index contributed by atoms with van der Waals surface area (Å²) in [5, 5.41) is 5.43. The van der Waals surface area contributed by atoms with E-state index in [4.69, 9.17) is 11.6 Å². The Morgan fingerprint density at radius 1 is 1.24 bits per heavy atom. The van der Waals surface area contributed by atoms with Gasteiger partial charge in [0.05, 0.1) is 5.39 Å². The van der Waals surface area contributed by atoms with E-state index in [-0.39, 0.29) is 0 Å². The standard InChI is InChI=1S/C16H14ClN3S/c17-11-4-1-3-10(7-11)8-18-15-14-12-5-2-6-13(12)21-16(14)20-9-19-15/h1,3-4,7,9H,2,5-6,8H2,(H,18,19,20). The summed E-state index contributed by atoms with van der Waals surface area (Å²) in [6.45, 7) is 0.720. The van der Waals surface area contributed by atoms with Gasteiger partial charge in [0.15, 0.2) is 0 Å². The van der Waals surface area contributed by atoms with Crippen LogP contribution in [0, 0.1) is 0 Å². The summed E-state index contributed by atoms with van der Waals surface area (Å²) in [4.78, 5) is 11.4. The van der Waals surface area contributed by atoms with Crippen LogP contribution >= 0.6 is 22.9 Å². The Morgan fingerprint density at radius 2 is 2.19 bits per heavy atom. The molecule has 5 heteroatoms. The van der Waals surface area contributed by atoms with Crippen LogP contribution in [0.1, 0.15) is 22.4 Å². The maximum absolute atomic E-state index is 6.03. The lowest BCUT2D eigenvalue weighted by Crippen LogP contribution is -2.02. The number of thiophene rings is 1. The number of hydrogen-bond donors (Lipinski definition) is 1. The van der Waals surface area contributed by atoms with Crippen molar-refractivity contribution in [3.63, 3.8) is 0 Å². The van der Waals surface area contributed by atoms with Gasteiger partial charge in [0.2, 0.25) is 0 Å². The van der Waals surface area contributed by atoms with E-state index < -0.39 is 0 Å². The number of aromatic nitrogens is 2. The number of anilines is 1. The highest BCUT2D eigenvalue weighted by Crippen LogP contribution is 2.39. The zero-order chi connectivity index (χ0) is 14.2. The van der Waals surface area contributed by atoms with E-state index in [0.717, 1.165) is 34.2 Å². The lowest BCUT2D eigenvalue weighted by Gasteiger charge is -2.08. The lowest BCUT2D eigenvalue weighted by atomic mass is 10.2. The smallest absolute Gasteiger partial charge is 0.138 e. The molecule has 2 heterocycles. The largest absolute Gasteiger partial charge is 0.365 e. The molecule has 1 aliphatic rings. The summed E-state index contributed by atoms with van der Waals surface area (Å²) in [5.74, 6) is 0.944. The van der Waals surface area contributed by atoms with Gasteiger partial charge >= 0.3 is 0 Å². The second-order valence-electron chi connectivity index (χ2n) is 5.24. The molecule has 2 aromatic heterocycles. The Labute approximate surface area is 132 Å². The van der Waals surface area contributed by atoms with Crippen molar-refractivity contribution >= 4 is 39.0 Å². The van der Waals surface area contributed by atoms with Crippen molar-refractivity contribution in [1.29, 1.82) is 0 Å². The number of halogens is 1. The zero-order valence-electron chi connectivity index (χ0n) is 11.4. The molecule has 0 spiro atoms. The van der Waals surface area contributed by atoms with Gasteiger partial charge in [-0.1, -0.05) is 23.7 Å². The van der Waals surface area contributed by atoms with Crippen LogP contribution in [-0.4, -0.2) is 9.97 Å². The number of rotatable bonds is 3. The van der Waals surface area contributed by atoms with Gasteiger partial charge in [0.25, 0.3) is 0 Å². The lowest BCUT2D eigenvalue weighted by molar-refractivity contribution is 0.917. The average Bonchev–Trinajstić information content (AvgIpc) is 3.05. The second kappa shape index (κ2) is 5.28. The van der Waals surface area contributed by atoms with Gasteiger partial charge in [-0.2, -0.15) is 0 Å². The fraction of sp³-hybridized carbons (Fsp3) is 0.250. The Bertz CT molecular complexity index is 812. The van der Waals surface area contributed by atoms with Crippen molar-refractivity contribution in [2.24, 2.45) is 0 Å². The first-order valence-electron chi connectivity index (χ1n) is 7.05. The van der Waals surface area contributed by atoms with E-state index in [9.17, 15) is 0 Å². The molecule has 0 saturated carbocycles. The summed E-state index contributed by atoms with van der Waals surface area (Å²) in [5.41, 5.74) is 2.60. The summed E-state index contributed by atoms with van der Waals surface area (Å²) >= 11 is 7.84. The molecule has 0 saturated heterocycles. The Morgan fingerprint density at radius 3 is 3.10 bits per heavy atom. The monoisotopic (exact) mass is 315 g/mol. The highest BCUT2D eigenvalue weighted by Gasteiger charge is 2.20. The predicted octanol–water partition coefficient (Wildman–Crippen LogP) is 4.45. The molecular formula is C16H14ClN3S. The van der Waals surface area contributed by atoms with Crippen molar-refractivity contribution in [2.75, 3.05) is 5.32 Å². The number of hydrogen-bond acceptors (Lipinski definition) is 4. The van der Waals surface area contributed by atoms with Crippen molar-refractivity contribution in [3.8, 4) is 0 Å². The molecule has 1 N–H and O–H groups in total. The topological polar surface area (TPSA) is 37.8 Å². The van der Waals surface area contributed by atoms with Gasteiger partial charge in [-0.25, -0.2) is 9.97 Å². The van der Waals surface area contributed by atoms with Crippen LogP contribution in [0.2, 0.25) is 5.02 Å². The number of aryl methyl sites for hydroxylation is 2. The summed E-state index contributed by atoms with van der Waals surface area (Å²) < 4.78 is 0. The minimum absolute atomic E-state index is 0.720. The van der Waals surface area contributed by atoms with Crippen molar-refractivity contribution < 1.29 is 0 Å². The van der Waals surface area contributed by atoms with Crippen LogP contribution in [0.3, 0.4) is 0 Å². The summed E-state index contributed by atoms with van der Waals surface area (Å²) in [6.07, 6.45) is 5.23. The first-order chi connectivity index (χ1) is 10.3. The fourth-order valence-electron chi connectivity index (χ4n) is 2.90. The fourth-order valence-corrected chi connectivity index (χ4v) is 4.34. The molecule has 3 aromatic rings. The molecule has 3 nitrogen and oxygen atoms in total. The molecule has 0 radical (unpaired) electrons. The van der Waals surface area contributed by atoms with E-state index >= 15 is 0 Å². The van der Waals surface area contributed by atoms with Gasteiger partial charge in [-0.15, -0.1) is 11.3 Å². The molecule has 0 unspecified atom stereocenters. The quantitative estimate of drug-likeness (QED) is 0.776. The molecular weight excluding hydrogens is 302 g/mol. The second-order valence-corrected chi connectivity index (χ2v) is 6.76. The van der Waals surface area contributed by atoms with Gasteiger partial charge in [-0.05, 0) is 42.5 Å². The van der Waals surface area contributed by atoms with E-state index in [0.29, 0.717) is 0 Å². The van der Waals surface area contributed by atoms with E-state index in [1.54, 1.807) is 6.33 Å². The summed E-state index contributed by atoms with van der Waals surface area (Å²) in [7, 11) is 0. The average molecular weight is 316 g/mol. The predicted molar refractivity (Wildman–Crippen MR) is 88.2 cm³/mol. The Kier molecular flexibility index (Phi) is 3.28. The molecule has 0 bridgehead atoms. The van der Waals surface area contributed by atoms with Crippen LogP contribution in [0.5, 0.6) is 0 Å². The highest BCUT2D eigenvalue weighted by atomic mass is 35.5. The maximum atomic E-state index is 6.03. The van der Waals surface area contributed by atoms with Crippen LogP contribution in [0.4, 0.5) is 5.82 Å². The van der Waals surface area contributed by atoms with Gasteiger partial charge in [0, 0.05) is 16.4 Å². The van der Waals surface area contributed by atoms with Crippen LogP contribution < -0.4 is 5.32 Å². The molecule has 4 rings (SSSR count). The van der Waals surface area contributed by atoms with Crippen molar-refractivity contribution in [1.82, 2.24) is 9.97 Å². The molecule has 0 fully saturated rings. The van der Waals surface area contributed by atoms with Crippen molar-refractivity contribution in [2.45, 2.75) is 25.8 Å². The zero-order valence-corrected chi connectivity index (χ0v) is 13.0. The normalized spacial score (nSPS) is 13.6. The first kappa shape index (κ1) is 13.0. The minimum Gasteiger partial charge on any atom is -0.365 e. The third kappa shape index (κ3) is 2.39. The number of fused-ring (bicyclic) bond motifs is 3. The Balaban J connectivity index is 1.67. The molecule has 0 amide bonds. The van der Waals surface area contributed by atoms with Gasteiger partial charge in [0.1, 0.15) is 17.0 Å². The number of nitrogens with zero attached hydrogens (tertiary/aromatic N) is 2. The number of nitrogens with one attached hydrogen (secondary N) is 1. The minimum atomic E-state index is 0.720. The molecule has 21 heavy (non-hydrogen) atoms. The van der Waals surface area contributed by atoms with Gasteiger partial charge < -0.3 is 5.32 Å². The van der Waals surface area contributed by atoms with E-state index in [1.165, 1.54) is 28.7 Å². The van der Waals surface area contributed by atoms with Crippen molar-refractivity contribution in [3.05, 3.63) is 51.6 Å². The molecule has 106 valence electrons. The highest BCUT2D eigenvalue weighted by molar-refractivity contribution is 7.19. The van der Waals surface area contributed by atoms with E-state index in [1.807, 2.05) is 29.5 Å². The van der Waals surface area contributed by atoms with Crippen LogP contribution in [0.25, 0.3) is 10.2 Å². The third-order valence-corrected chi connectivity index (χ3v) is 5.29. The third-order valence-electron chi connectivity index (χ3n) is 3.85. The summed E-state index contributed by atoms with van der Waals surface area (Å²) in [6, 6.07) is 7.90. The molecule has 1 aliphatic carbocycles. The van der Waals surface area contributed by atoms with Gasteiger partial charge in [-0.3, -0.25) is 0 Å². The SMILES string of the molecule is Clc1cccc(CNc2ncnc3sc4c(c23)CCC4)c1. The van der Waals surface area contributed by atoms with E-state index in [2.05, 4.69) is 21.4 Å². The molecule has 1 aromatic carbocycles. The Hall–Kier alpha value is -1.65. The molecule has 0 aliphatic heterocycles. The first-order valence-corrected chi connectivity index (χ1v) is 8.24. The number of benzene rings is 1. The molecule has 0 atom stereocenters. The van der Waals surface area contributed by atoms with Crippen LogP contribution in [0.15, 0.2) is 30.6 Å². The maximum Gasteiger partial charge on any atom is 0.138 e.